The second-order valence-corrected chi connectivity index (χ2v) is 4.56. The number of nitrogens with zero attached hydrogens (tertiary/aromatic N) is 2. The fourth-order valence-corrected chi connectivity index (χ4v) is 1.97. The molecule has 0 unspecified atom stereocenters. The largest absolute Gasteiger partial charge is 0.359 e. The van der Waals surface area contributed by atoms with Gasteiger partial charge in [-0.3, -0.25) is 4.79 Å². The topological polar surface area (TPSA) is 76.7 Å². The SMILES string of the molecule is N#CC(C#N)=CNc1ccccc1C(=O)Cc1ccccc1. The lowest BCUT2D eigenvalue weighted by molar-refractivity contribution is 0.0994. The van der Waals surface area contributed by atoms with Crippen LogP contribution in [0.2, 0.25) is 0 Å². The van der Waals surface area contributed by atoms with E-state index >= 15 is 0 Å². The molecule has 2 aromatic rings. The van der Waals surface area contributed by atoms with Crippen molar-refractivity contribution in [1.29, 1.82) is 10.5 Å². The number of allylic oxidation sites excluding steroid dienone is 1. The van der Waals surface area contributed by atoms with Crippen LogP contribution < -0.4 is 5.32 Å². The van der Waals surface area contributed by atoms with E-state index in [2.05, 4.69) is 5.32 Å². The van der Waals surface area contributed by atoms with E-state index in [1.165, 1.54) is 6.20 Å². The Morgan fingerprint density at radius 1 is 1.00 bits per heavy atom. The maximum Gasteiger partial charge on any atom is 0.169 e. The molecule has 0 aromatic heterocycles. The monoisotopic (exact) mass is 287 g/mol. The summed E-state index contributed by atoms with van der Waals surface area (Å²) >= 11 is 0. The summed E-state index contributed by atoms with van der Waals surface area (Å²) in [6.07, 6.45) is 1.60. The number of carbonyl (C=O) groups excluding carboxylic acids is 1. The second-order valence-electron chi connectivity index (χ2n) is 4.56. The van der Waals surface area contributed by atoms with Crippen LogP contribution in [-0.2, 0) is 6.42 Å². The van der Waals surface area contributed by atoms with E-state index in [4.69, 9.17) is 10.5 Å². The number of rotatable bonds is 5. The minimum Gasteiger partial charge on any atom is -0.359 e. The molecule has 0 aliphatic carbocycles. The lowest BCUT2D eigenvalue weighted by Crippen LogP contribution is -2.06. The first kappa shape index (κ1) is 15.0. The molecule has 0 heterocycles. The first-order valence-corrected chi connectivity index (χ1v) is 6.67. The summed E-state index contributed by atoms with van der Waals surface area (Å²) in [5.41, 5.74) is 1.99. The Hall–Kier alpha value is -3.37. The van der Waals surface area contributed by atoms with Crippen LogP contribution in [0.3, 0.4) is 0 Å². The fraction of sp³-hybridized carbons (Fsp3) is 0.0556. The smallest absolute Gasteiger partial charge is 0.169 e. The van der Waals surface area contributed by atoms with E-state index in [-0.39, 0.29) is 11.4 Å². The average Bonchev–Trinajstić information content (AvgIpc) is 2.57. The molecule has 0 aliphatic rings. The third kappa shape index (κ3) is 3.82. The summed E-state index contributed by atoms with van der Waals surface area (Å²) in [4.78, 5) is 12.4. The van der Waals surface area contributed by atoms with Crippen molar-refractivity contribution in [1.82, 2.24) is 0 Å². The Kier molecular flexibility index (Phi) is 5.07. The Balaban J connectivity index is 2.22. The maximum atomic E-state index is 12.4. The summed E-state index contributed by atoms with van der Waals surface area (Å²) in [6, 6.07) is 20.0. The van der Waals surface area contributed by atoms with Crippen molar-refractivity contribution in [2.45, 2.75) is 6.42 Å². The zero-order valence-corrected chi connectivity index (χ0v) is 11.8. The second kappa shape index (κ2) is 7.42. The summed E-state index contributed by atoms with van der Waals surface area (Å²) in [5.74, 6) is -0.0295. The van der Waals surface area contributed by atoms with E-state index in [1.807, 2.05) is 30.3 Å². The summed E-state index contributed by atoms with van der Waals surface area (Å²) < 4.78 is 0. The minimum absolute atomic E-state index is 0.0295. The normalized spacial score (nSPS) is 9.18. The molecule has 0 fully saturated rings. The van der Waals surface area contributed by atoms with Crippen molar-refractivity contribution in [3.63, 3.8) is 0 Å². The molecule has 4 heteroatoms. The van der Waals surface area contributed by atoms with Crippen molar-refractivity contribution in [3.8, 4) is 12.1 Å². The molecular formula is C18H13N3O. The number of anilines is 1. The highest BCUT2D eigenvalue weighted by atomic mass is 16.1. The van der Waals surface area contributed by atoms with Gasteiger partial charge in [0.05, 0.1) is 0 Å². The molecule has 0 saturated carbocycles. The Bertz CT molecular complexity index is 764. The molecule has 106 valence electrons. The minimum atomic E-state index is -0.0506. The predicted octanol–water partition coefficient (Wildman–Crippen LogP) is 3.45. The van der Waals surface area contributed by atoms with Gasteiger partial charge < -0.3 is 5.32 Å². The number of hydrogen-bond acceptors (Lipinski definition) is 4. The quantitative estimate of drug-likeness (QED) is 0.675. The maximum absolute atomic E-state index is 12.4. The number of nitriles is 2. The fourth-order valence-electron chi connectivity index (χ4n) is 1.97. The van der Waals surface area contributed by atoms with Gasteiger partial charge in [-0.15, -0.1) is 0 Å². The van der Waals surface area contributed by atoms with E-state index in [0.29, 0.717) is 17.7 Å². The zero-order chi connectivity index (χ0) is 15.8. The first-order valence-electron chi connectivity index (χ1n) is 6.67. The molecule has 1 N–H and O–H groups in total. The first-order chi connectivity index (χ1) is 10.7. The van der Waals surface area contributed by atoms with Gasteiger partial charge in [-0.05, 0) is 17.7 Å². The molecule has 2 aromatic carbocycles. The third-order valence-electron chi connectivity index (χ3n) is 3.05. The molecule has 0 saturated heterocycles. The van der Waals surface area contributed by atoms with Crippen LogP contribution in [0, 0.1) is 22.7 Å². The Morgan fingerprint density at radius 2 is 1.64 bits per heavy atom. The van der Waals surface area contributed by atoms with Crippen LogP contribution in [0.15, 0.2) is 66.4 Å². The highest BCUT2D eigenvalue weighted by molar-refractivity contribution is 6.02. The molecular weight excluding hydrogens is 274 g/mol. The highest BCUT2D eigenvalue weighted by Gasteiger charge is 2.11. The van der Waals surface area contributed by atoms with Crippen molar-refractivity contribution in [2.24, 2.45) is 0 Å². The van der Waals surface area contributed by atoms with E-state index in [0.717, 1.165) is 5.56 Å². The van der Waals surface area contributed by atoms with Crippen LogP contribution in [0.25, 0.3) is 0 Å². The number of para-hydroxylation sites is 1. The van der Waals surface area contributed by atoms with Gasteiger partial charge in [0, 0.05) is 23.9 Å². The lowest BCUT2D eigenvalue weighted by Gasteiger charge is -2.08. The number of Topliss-reactive ketones (excluding diaryl/α,β-unsaturated/α-hetero) is 1. The predicted molar refractivity (Wildman–Crippen MR) is 83.9 cm³/mol. The van der Waals surface area contributed by atoms with Crippen LogP contribution in [0.5, 0.6) is 0 Å². The molecule has 0 bridgehead atoms. The lowest BCUT2D eigenvalue weighted by atomic mass is 10.0. The van der Waals surface area contributed by atoms with Gasteiger partial charge in [0.2, 0.25) is 0 Å². The van der Waals surface area contributed by atoms with E-state index in [1.54, 1.807) is 36.4 Å². The number of nitrogens with one attached hydrogen (secondary N) is 1. The van der Waals surface area contributed by atoms with Gasteiger partial charge in [-0.1, -0.05) is 42.5 Å². The van der Waals surface area contributed by atoms with Crippen molar-refractivity contribution < 1.29 is 4.79 Å². The summed E-state index contributed by atoms with van der Waals surface area (Å²) in [5, 5.41) is 20.3. The summed E-state index contributed by atoms with van der Waals surface area (Å²) in [7, 11) is 0. The highest BCUT2D eigenvalue weighted by Crippen LogP contribution is 2.18. The average molecular weight is 287 g/mol. The number of benzene rings is 2. The number of hydrogen-bond donors (Lipinski definition) is 1. The molecule has 4 nitrogen and oxygen atoms in total. The molecule has 22 heavy (non-hydrogen) atoms. The molecule has 0 atom stereocenters. The summed E-state index contributed by atoms with van der Waals surface area (Å²) in [6.45, 7) is 0. The molecule has 2 rings (SSSR count). The number of ketones is 1. The molecule has 0 spiro atoms. The number of carbonyl (C=O) groups is 1. The van der Waals surface area contributed by atoms with Crippen molar-refractivity contribution in [2.75, 3.05) is 5.32 Å². The molecule has 0 radical (unpaired) electrons. The zero-order valence-electron chi connectivity index (χ0n) is 11.8. The van der Waals surface area contributed by atoms with Gasteiger partial charge in [0.15, 0.2) is 5.78 Å². The van der Waals surface area contributed by atoms with Crippen LogP contribution in [0.4, 0.5) is 5.69 Å². The van der Waals surface area contributed by atoms with Gasteiger partial charge >= 0.3 is 0 Å². The van der Waals surface area contributed by atoms with Gasteiger partial charge in [-0.25, -0.2) is 0 Å². The van der Waals surface area contributed by atoms with Gasteiger partial charge in [-0.2, -0.15) is 10.5 Å². The Labute approximate surface area is 128 Å². The van der Waals surface area contributed by atoms with Crippen molar-refractivity contribution in [3.05, 3.63) is 77.5 Å². The van der Waals surface area contributed by atoms with E-state index in [9.17, 15) is 4.79 Å². The standard InChI is InChI=1S/C18H13N3O/c19-11-15(12-20)13-21-17-9-5-4-8-16(17)18(22)10-14-6-2-1-3-7-14/h1-9,13,21H,10H2. The molecule has 0 amide bonds. The Morgan fingerprint density at radius 3 is 2.32 bits per heavy atom. The van der Waals surface area contributed by atoms with Crippen LogP contribution in [0.1, 0.15) is 15.9 Å². The van der Waals surface area contributed by atoms with E-state index < -0.39 is 0 Å². The van der Waals surface area contributed by atoms with Gasteiger partial charge in [0.1, 0.15) is 17.7 Å². The van der Waals surface area contributed by atoms with Gasteiger partial charge in [0.25, 0.3) is 0 Å². The third-order valence-corrected chi connectivity index (χ3v) is 3.05. The van der Waals surface area contributed by atoms with Crippen LogP contribution in [-0.4, -0.2) is 5.78 Å². The van der Waals surface area contributed by atoms with Crippen molar-refractivity contribution >= 4 is 11.5 Å². The molecule has 0 aliphatic heterocycles. The van der Waals surface area contributed by atoms with Crippen LogP contribution >= 0.6 is 0 Å².